The average molecular weight is 314 g/mol. The SMILES string of the molecule is CN(c1ccccc1)S(=O)(=O)c1cnn(CCCCl)c1. The Labute approximate surface area is 123 Å². The topological polar surface area (TPSA) is 55.2 Å². The zero-order valence-electron chi connectivity index (χ0n) is 11.1. The van der Waals surface area contributed by atoms with Crippen molar-refractivity contribution in [2.24, 2.45) is 0 Å². The molecule has 7 heteroatoms. The Bertz CT molecular complexity index is 655. The third-order valence-corrected chi connectivity index (χ3v) is 4.91. The molecule has 0 spiro atoms. The lowest BCUT2D eigenvalue weighted by atomic mass is 10.3. The number of rotatable bonds is 6. The van der Waals surface area contributed by atoms with Gasteiger partial charge < -0.3 is 0 Å². The molecule has 0 bridgehead atoms. The largest absolute Gasteiger partial charge is 0.271 e. The maximum atomic E-state index is 12.5. The van der Waals surface area contributed by atoms with Gasteiger partial charge in [0.15, 0.2) is 0 Å². The van der Waals surface area contributed by atoms with Crippen LogP contribution in [-0.4, -0.2) is 31.1 Å². The highest BCUT2D eigenvalue weighted by Crippen LogP contribution is 2.21. The second-order valence-electron chi connectivity index (χ2n) is 4.29. The summed E-state index contributed by atoms with van der Waals surface area (Å²) >= 11 is 5.61. The Morgan fingerprint density at radius 1 is 1.30 bits per heavy atom. The smallest absolute Gasteiger partial charge is 0.267 e. The van der Waals surface area contributed by atoms with Crippen LogP contribution in [0, 0.1) is 0 Å². The first-order valence-corrected chi connectivity index (χ1v) is 8.15. The number of anilines is 1. The maximum absolute atomic E-state index is 12.5. The van der Waals surface area contributed by atoms with Crippen molar-refractivity contribution in [1.29, 1.82) is 0 Å². The monoisotopic (exact) mass is 313 g/mol. The Morgan fingerprint density at radius 3 is 2.65 bits per heavy atom. The van der Waals surface area contributed by atoms with Gasteiger partial charge in [0, 0.05) is 25.7 Å². The number of nitrogens with zero attached hydrogens (tertiary/aromatic N) is 3. The van der Waals surface area contributed by atoms with Gasteiger partial charge in [0.25, 0.3) is 10.0 Å². The van der Waals surface area contributed by atoms with E-state index in [0.717, 1.165) is 6.42 Å². The van der Waals surface area contributed by atoms with E-state index in [-0.39, 0.29) is 4.90 Å². The van der Waals surface area contributed by atoms with Crippen molar-refractivity contribution in [3.8, 4) is 0 Å². The molecule has 0 aliphatic rings. The highest BCUT2D eigenvalue weighted by atomic mass is 35.5. The summed E-state index contributed by atoms with van der Waals surface area (Å²) in [5, 5.41) is 4.05. The van der Waals surface area contributed by atoms with E-state index >= 15 is 0 Å². The Morgan fingerprint density at radius 2 is 2.00 bits per heavy atom. The van der Waals surface area contributed by atoms with Crippen LogP contribution in [0.4, 0.5) is 5.69 Å². The molecule has 1 heterocycles. The second-order valence-corrected chi connectivity index (χ2v) is 6.64. The quantitative estimate of drug-likeness (QED) is 0.769. The first kappa shape index (κ1) is 14.9. The zero-order chi connectivity index (χ0) is 14.6. The van der Waals surface area contributed by atoms with Gasteiger partial charge in [0.1, 0.15) is 4.90 Å². The third kappa shape index (κ3) is 3.13. The van der Waals surface area contributed by atoms with Crippen molar-refractivity contribution >= 4 is 27.3 Å². The number of benzene rings is 1. The first-order chi connectivity index (χ1) is 9.55. The molecule has 0 aliphatic carbocycles. The van der Waals surface area contributed by atoms with Gasteiger partial charge in [0.05, 0.1) is 11.9 Å². The predicted octanol–water partition coefficient (Wildman–Crippen LogP) is 2.34. The van der Waals surface area contributed by atoms with E-state index in [1.165, 1.54) is 23.7 Å². The highest BCUT2D eigenvalue weighted by Gasteiger charge is 2.22. The van der Waals surface area contributed by atoms with Gasteiger partial charge in [-0.25, -0.2) is 8.42 Å². The molecule has 0 atom stereocenters. The van der Waals surface area contributed by atoms with Crippen LogP contribution in [0.1, 0.15) is 6.42 Å². The number of alkyl halides is 1. The van der Waals surface area contributed by atoms with Gasteiger partial charge >= 0.3 is 0 Å². The molecule has 0 N–H and O–H groups in total. The molecule has 0 aliphatic heterocycles. The van der Waals surface area contributed by atoms with Crippen LogP contribution in [0.2, 0.25) is 0 Å². The maximum Gasteiger partial charge on any atom is 0.267 e. The van der Waals surface area contributed by atoms with Crippen molar-refractivity contribution in [2.45, 2.75) is 17.9 Å². The standard InChI is InChI=1S/C13H16ClN3O2S/c1-16(12-6-3-2-4-7-12)20(18,19)13-10-15-17(11-13)9-5-8-14/h2-4,6-7,10-11H,5,8-9H2,1H3. The van der Waals surface area contributed by atoms with E-state index in [9.17, 15) is 8.42 Å². The zero-order valence-corrected chi connectivity index (χ0v) is 12.7. The van der Waals surface area contributed by atoms with Gasteiger partial charge in [-0.2, -0.15) is 5.10 Å². The van der Waals surface area contributed by atoms with Crippen LogP contribution in [0.5, 0.6) is 0 Å². The molecule has 0 saturated carbocycles. The van der Waals surface area contributed by atoms with Gasteiger partial charge in [-0.05, 0) is 18.6 Å². The summed E-state index contributed by atoms with van der Waals surface area (Å²) in [5.74, 6) is 0.520. The Balaban J connectivity index is 2.24. The number of hydrogen-bond donors (Lipinski definition) is 0. The molecule has 5 nitrogen and oxygen atoms in total. The summed E-state index contributed by atoms with van der Waals surface area (Å²) in [6, 6.07) is 8.93. The number of halogens is 1. The van der Waals surface area contributed by atoms with Crippen LogP contribution < -0.4 is 4.31 Å². The second kappa shape index (κ2) is 6.28. The summed E-state index contributed by atoms with van der Waals surface area (Å²) in [7, 11) is -2.05. The molecular weight excluding hydrogens is 298 g/mol. The Hall–Kier alpha value is -1.53. The summed E-state index contributed by atoms with van der Waals surface area (Å²) in [5.41, 5.74) is 0.612. The molecular formula is C13H16ClN3O2S. The fourth-order valence-electron chi connectivity index (χ4n) is 1.76. The highest BCUT2D eigenvalue weighted by molar-refractivity contribution is 7.92. The van der Waals surface area contributed by atoms with E-state index in [4.69, 9.17) is 11.6 Å². The fraction of sp³-hybridized carbons (Fsp3) is 0.308. The molecule has 108 valence electrons. The van der Waals surface area contributed by atoms with Gasteiger partial charge in [0.2, 0.25) is 0 Å². The summed E-state index contributed by atoms with van der Waals surface area (Å²) < 4.78 is 27.8. The number of para-hydroxylation sites is 1. The number of aromatic nitrogens is 2. The van der Waals surface area contributed by atoms with Crippen LogP contribution in [0.15, 0.2) is 47.6 Å². The molecule has 0 saturated heterocycles. The first-order valence-electron chi connectivity index (χ1n) is 6.18. The van der Waals surface area contributed by atoms with Crippen molar-refractivity contribution in [2.75, 3.05) is 17.2 Å². The summed E-state index contributed by atoms with van der Waals surface area (Å²) in [4.78, 5) is 0.179. The number of hydrogen-bond acceptors (Lipinski definition) is 3. The molecule has 2 aromatic rings. The molecule has 0 radical (unpaired) electrons. The molecule has 2 rings (SSSR count). The van der Waals surface area contributed by atoms with Crippen LogP contribution in [0.3, 0.4) is 0 Å². The molecule has 1 aromatic heterocycles. The number of aryl methyl sites for hydroxylation is 1. The fourth-order valence-corrected chi connectivity index (χ4v) is 3.03. The molecule has 0 unspecified atom stereocenters. The number of sulfonamides is 1. The Kier molecular flexibility index (Phi) is 4.67. The van der Waals surface area contributed by atoms with Crippen molar-refractivity contribution in [3.05, 3.63) is 42.7 Å². The molecule has 0 amide bonds. The lowest BCUT2D eigenvalue weighted by Gasteiger charge is -2.18. The minimum absolute atomic E-state index is 0.179. The van der Waals surface area contributed by atoms with Gasteiger partial charge in [-0.15, -0.1) is 11.6 Å². The minimum atomic E-state index is -3.58. The van der Waals surface area contributed by atoms with Crippen molar-refractivity contribution in [3.63, 3.8) is 0 Å². The van der Waals surface area contributed by atoms with E-state index in [1.807, 2.05) is 6.07 Å². The van der Waals surface area contributed by atoms with E-state index in [1.54, 1.807) is 28.9 Å². The van der Waals surface area contributed by atoms with Crippen molar-refractivity contribution < 1.29 is 8.42 Å². The van der Waals surface area contributed by atoms with Gasteiger partial charge in [-0.1, -0.05) is 18.2 Å². The van der Waals surface area contributed by atoms with Gasteiger partial charge in [-0.3, -0.25) is 8.99 Å². The van der Waals surface area contributed by atoms with Crippen LogP contribution in [0.25, 0.3) is 0 Å². The normalized spacial score (nSPS) is 11.5. The van der Waals surface area contributed by atoms with Crippen LogP contribution >= 0.6 is 11.6 Å². The molecule has 1 aromatic carbocycles. The molecule has 0 fully saturated rings. The minimum Gasteiger partial charge on any atom is -0.271 e. The van der Waals surface area contributed by atoms with Crippen LogP contribution in [-0.2, 0) is 16.6 Å². The molecule has 20 heavy (non-hydrogen) atoms. The predicted molar refractivity (Wildman–Crippen MR) is 79.6 cm³/mol. The van der Waals surface area contributed by atoms with E-state index in [2.05, 4.69) is 5.10 Å². The lowest BCUT2D eigenvalue weighted by Crippen LogP contribution is -2.26. The van der Waals surface area contributed by atoms with E-state index < -0.39 is 10.0 Å². The lowest BCUT2D eigenvalue weighted by molar-refractivity contribution is 0.591. The average Bonchev–Trinajstić information content (AvgIpc) is 2.94. The summed E-state index contributed by atoms with van der Waals surface area (Å²) in [6.45, 7) is 0.605. The van der Waals surface area contributed by atoms with Crippen molar-refractivity contribution in [1.82, 2.24) is 9.78 Å². The third-order valence-electron chi connectivity index (χ3n) is 2.91. The van der Waals surface area contributed by atoms with E-state index in [0.29, 0.717) is 18.1 Å². The summed E-state index contributed by atoms with van der Waals surface area (Å²) in [6.07, 6.45) is 3.64.